The number of hydrogen-bond acceptors (Lipinski definition) is 5. The van der Waals surface area contributed by atoms with Gasteiger partial charge in [-0.25, -0.2) is 8.42 Å². The predicted octanol–water partition coefficient (Wildman–Crippen LogP) is 2.67. The lowest BCUT2D eigenvalue weighted by Crippen LogP contribution is -2.02. The summed E-state index contributed by atoms with van der Waals surface area (Å²) >= 11 is 0. The highest BCUT2D eigenvalue weighted by atomic mass is 32.2. The van der Waals surface area contributed by atoms with Crippen LogP contribution in [0.15, 0.2) is 64.4 Å². The fourth-order valence-electron chi connectivity index (χ4n) is 2.20. The number of anilines is 1. The number of hydrogen-bond donors (Lipinski definition) is 3. The van der Waals surface area contributed by atoms with Gasteiger partial charge in [0, 0.05) is 5.69 Å². The Morgan fingerprint density at radius 1 is 0.727 bits per heavy atom. The van der Waals surface area contributed by atoms with Gasteiger partial charge in [-0.3, -0.25) is 0 Å². The first-order valence-electron chi connectivity index (χ1n) is 6.44. The van der Waals surface area contributed by atoms with Crippen LogP contribution in [0.5, 0.6) is 11.5 Å². The molecular formula is C16H13NO4S. The Kier molecular flexibility index (Phi) is 3.18. The van der Waals surface area contributed by atoms with Crippen molar-refractivity contribution in [2.45, 2.75) is 9.79 Å². The molecule has 3 rings (SSSR count). The molecule has 0 saturated heterocycles. The number of aromatic hydroxyl groups is 2. The van der Waals surface area contributed by atoms with Crippen LogP contribution in [0, 0.1) is 0 Å². The van der Waals surface area contributed by atoms with Crippen LogP contribution >= 0.6 is 0 Å². The number of nitrogen functional groups attached to an aromatic ring is 1. The molecule has 0 unspecified atom stereocenters. The molecule has 112 valence electrons. The van der Waals surface area contributed by atoms with E-state index in [2.05, 4.69) is 0 Å². The second kappa shape index (κ2) is 4.92. The highest BCUT2D eigenvalue weighted by Crippen LogP contribution is 2.32. The Morgan fingerprint density at radius 2 is 1.27 bits per heavy atom. The van der Waals surface area contributed by atoms with E-state index in [1.165, 1.54) is 48.5 Å². The van der Waals surface area contributed by atoms with E-state index in [9.17, 15) is 18.6 Å². The van der Waals surface area contributed by atoms with Crippen LogP contribution in [0.4, 0.5) is 5.69 Å². The number of sulfone groups is 1. The molecule has 4 N–H and O–H groups in total. The van der Waals surface area contributed by atoms with Crippen LogP contribution in [0.25, 0.3) is 10.8 Å². The standard InChI is InChI=1S/C16H13NO4S/c17-12-2-5-13(6-3-12)22(20,21)14-4-1-10-8-15(18)16(19)9-11(10)7-14/h1-9,18-19H,17H2. The van der Waals surface area contributed by atoms with E-state index in [-0.39, 0.29) is 21.3 Å². The number of phenols is 2. The first-order chi connectivity index (χ1) is 10.4. The highest BCUT2D eigenvalue weighted by molar-refractivity contribution is 7.91. The van der Waals surface area contributed by atoms with E-state index in [4.69, 9.17) is 5.73 Å². The van der Waals surface area contributed by atoms with E-state index < -0.39 is 9.84 Å². The van der Waals surface area contributed by atoms with Gasteiger partial charge in [-0.1, -0.05) is 6.07 Å². The molecule has 6 heteroatoms. The maximum Gasteiger partial charge on any atom is 0.206 e. The summed E-state index contributed by atoms with van der Waals surface area (Å²) in [6.45, 7) is 0. The maximum atomic E-state index is 12.6. The summed E-state index contributed by atoms with van der Waals surface area (Å²) in [5.41, 5.74) is 6.05. The number of phenolic OH excluding ortho intramolecular Hbond substituents is 2. The van der Waals surface area contributed by atoms with Crippen molar-refractivity contribution in [3.63, 3.8) is 0 Å². The largest absolute Gasteiger partial charge is 0.504 e. The van der Waals surface area contributed by atoms with Gasteiger partial charge in [0.05, 0.1) is 9.79 Å². The molecule has 0 heterocycles. The Bertz CT molecular complexity index is 963. The van der Waals surface area contributed by atoms with Crippen molar-refractivity contribution in [3.05, 3.63) is 54.6 Å². The number of rotatable bonds is 2. The van der Waals surface area contributed by atoms with Crippen LogP contribution in [0.3, 0.4) is 0 Å². The molecule has 0 spiro atoms. The number of nitrogens with two attached hydrogens (primary N) is 1. The van der Waals surface area contributed by atoms with Crippen molar-refractivity contribution in [2.75, 3.05) is 5.73 Å². The summed E-state index contributed by atoms with van der Waals surface area (Å²) in [5.74, 6) is -0.545. The van der Waals surface area contributed by atoms with E-state index in [1.807, 2.05) is 0 Å². The van der Waals surface area contributed by atoms with Gasteiger partial charge in [-0.2, -0.15) is 0 Å². The second-order valence-corrected chi connectivity index (χ2v) is 6.87. The molecule has 0 aromatic heterocycles. The van der Waals surface area contributed by atoms with Crippen LogP contribution in [0.2, 0.25) is 0 Å². The maximum absolute atomic E-state index is 12.6. The fraction of sp³-hybridized carbons (Fsp3) is 0. The van der Waals surface area contributed by atoms with E-state index in [0.717, 1.165) is 0 Å². The zero-order valence-electron chi connectivity index (χ0n) is 11.4. The smallest absolute Gasteiger partial charge is 0.206 e. The zero-order chi connectivity index (χ0) is 15.9. The van der Waals surface area contributed by atoms with E-state index >= 15 is 0 Å². The van der Waals surface area contributed by atoms with Gasteiger partial charge in [-0.15, -0.1) is 0 Å². The van der Waals surface area contributed by atoms with Crippen LogP contribution in [-0.4, -0.2) is 18.6 Å². The molecule has 0 saturated carbocycles. The molecular weight excluding hydrogens is 302 g/mol. The summed E-state index contributed by atoms with van der Waals surface area (Å²) in [6.07, 6.45) is 0. The molecule has 3 aromatic carbocycles. The van der Waals surface area contributed by atoms with Gasteiger partial charge in [-0.05, 0) is 59.3 Å². The molecule has 0 atom stereocenters. The molecule has 0 fully saturated rings. The zero-order valence-corrected chi connectivity index (χ0v) is 12.2. The van der Waals surface area contributed by atoms with E-state index in [0.29, 0.717) is 16.5 Å². The summed E-state index contributed by atoms with van der Waals surface area (Å²) in [5, 5.41) is 20.2. The molecule has 3 aromatic rings. The predicted molar refractivity (Wildman–Crippen MR) is 83.6 cm³/mol. The third-order valence-corrected chi connectivity index (χ3v) is 5.17. The normalized spacial score (nSPS) is 11.6. The SMILES string of the molecule is Nc1ccc(S(=O)(=O)c2ccc3cc(O)c(O)cc3c2)cc1. The Balaban J connectivity index is 2.17. The first-order valence-corrected chi connectivity index (χ1v) is 7.92. The van der Waals surface area contributed by atoms with Crippen LogP contribution in [0.1, 0.15) is 0 Å². The molecule has 0 bridgehead atoms. The lowest BCUT2D eigenvalue weighted by Gasteiger charge is -2.07. The molecule has 0 aliphatic heterocycles. The monoisotopic (exact) mass is 315 g/mol. The van der Waals surface area contributed by atoms with Crippen molar-refractivity contribution in [1.29, 1.82) is 0 Å². The van der Waals surface area contributed by atoms with Gasteiger partial charge >= 0.3 is 0 Å². The molecule has 5 nitrogen and oxygen atoms in total. The minimum Gasteiger partial charge on any atom is -0.504 e. The topological polar surface area (TPSA) is 101 Å². The molecule has 0 radical (unpaired) electrons. The third kappa shape index (κ3) is 2.33. The Hall–Kier alpha value is -2.73. The quantitative estimate of drug-likeness (QED) is 0.498. The Labute approximate surface area is 127 Å². The van der Waals surface area contributed by atoms with Gasteiger partial charge in [0.25, 0.3) is 0 Å². The van der Waals surface area contributed by atoms with Crippen molar-refractivity contribution in [2.24, 2.45) is 0 Å². The molecule has 0 aliphatic rings. The van der Waals surface area contributed by atoms with Gasteiger partial charge in [0.15, 0.2) is 11.5 Å². The fourth-order valence-corrected chi connectivity index (χ4v) is 3.50. The molecule has 0 aliphatic carbocycles. The minimum atomic E-state index is -3.67. The average Bonchev–Trinajstić information content (AvgIpc) is 2.48. The Morgan fingerprint density at radius 3 is 1.91 bits per heavy atom. The van der Waals surface area contributed by atoms with Crippen LogP contribution < -0.4 is 5.73 Å². The highest BCUT2D eigenvalue weighted by Gasteiger charge is 2.18. The van der Waals surface area contributed by atoms with Gasteiger partial charge in [0.1, 0.15) is 0 Å². The average molecular weight is 315 g/mol. The van der Waals surface area contributed by atoms with Gasteiger partial charge in [0.2, 0.25) is 9.84 Å². The summed E-state index contributed by atoms with van der Waals surface area (Å²) in [4.78, 5) is 0.249. The van der Waals surface area contributed by atoms with Crippen molar-refractivity contribution >= 4 is 26.3 Å². The van der Waals surface area contributed by atoms with Gasteiger partial charge < -0.3 is 15.9 Å². The number of fused-ring (bicyclic) bond motifs is 1. The van der Waals surface area contributed by atoms with Crippen molar-refractivity contribution in [3.8, 4) is 11.5 Å². The second-order valence-electron chi connectivity index (χ2n) is 4.92. The lowest BCUT2D eigenvalue weighted by atomic mass is 10.1. The van der Waals surface area contributed by atoms with Crippen molar-refractivity contribution in [1.82, 2.24) is 0 Å². The molecule has 22 heavy (non-hydrogen) atoms. The third-order valence-electron chi connectivity index (χ3n) is 3.41. The van der Waals surface area contributed by atoms with E-state index in [1.54, 1.807) is 6.07 Å². The number of benzene rings is 3. The first kappa shape index (κ1) is 14.2. The van der Waals surface area contributed by atoms with Crippen molar-refractivity contribution < 1.29 is 18.6 Å². The molecule has 0 amide bonds. The minimum absolute atomic E-state index is 0.106. The summed E-state index contributed by atoms with van der Waals surface area (Å²) in [6, 6.07) is 13.2. The lowest BCUT2D eigenvalue weighted by molar-refractivity contribution is 0.405. The summed E-state index contributed by atoms with van der Waals surface area (Å²) in [7, 11) is -3.67. The van der Waals surface area contributed by atoms with Crippen LogP contribution in [-0.2, 0) is 9.84 Å². The summed E-state index contributed by atoms with van der Waals surface area (Å²) < 4.78 is 25.2.